The normalized spacial score (nSPS) is 11.1. The first-order valence-corrected chi connectivity index (χ1v) is 10.5. The molecule has 33 heavy (non-hydrogen) atoms. The fourth-order valence-electron chi connectivity index (χ4n) is 3.47. The number of anilines is 5. The standard InChI is InChI=1S/C25H22N8/c1-33-17-18(21-14-8-9-15-22(21)33)16-26-32-25-30-23(27-19-10-4-2-5-11-19)29-24(31-25)28-20-12-6-3-7-13-20/h2-17H,1H3,(H3,27,28,29,30,31,32)/b26-16-. The molecule has 2 heterocycles. The van der Waals surface area contributed by atoms with Gasteiger partial charge in [-0.15, -0.1) is 0 Å². The molecular formula is C25H22N8. The predicted octanol–water partition coefficient (Wildman–Crippen LogP) is 5.30. The number of hydrogen-bond donors (Lipinski definition) is 3. The number of aryl methyl sites for hydroxylation is 1. The Morgan fingerprint density at radius 1 is 0.697 bits per heavy atom. The summed E-state index contributed by atoms with van der Waals surface area (Å²) in [7, 11) is 2.02. The molecule has 0 unspecified atom stereocenters. The molecule has 0 fully saturated rings. The predicted molar refractivity (Wildman–Crippen MR) is 133 cm³/mol. The Morgan fingerprint density at radius 2 is 1.24 bits per heavy atom. The summed E-state index contributed by atoms with van der Waals surface area (Å²) in [6.45, 7) is 0. The Hall–Kier alpha value is -4.72. The Bertz CT molecular complexity index is 1330. The molecule has 3 aromatic carbocycles. The van der Waals surface area contributed by atoms with Gasteiger partial charge in [0.15, 0.2) is 0 Å². The van der Waals surface area contributed by atoms with Gasteiger partial charge >= 0.3 is 0 Å². The van der Waals surface area contributed by atoms with E-state index in [0.717, 1.165) is 27.8 Å². The van der Waals surface area contributed by atoms with E-state index in [1.807, 2.05) is 86.0 Å². The van der Waals surface area contributed by atoms with Gasteiger partial charge in [-0.2, -0.15) is 20.1 Å². The maximum Gasteiger partial charge on any atom is 0.250 e. The van der Waals surface area contributed by atoms with Crippen LogP contribution in [-0.2, 0) is 7.05 Å². The van der Waals surface area contributed by atoms with E-state index in [0.29, 0.717) is 17.8 Å². The van der Waals surface area contributed by atoms with Gasteiger partial charge in [0.2, 0.25) is 17.8 Å². The number of nitrogens with zero attached hydrogens (tertiary/aromatic N) is 5. The maximum atomic E-state index is 4.49. The number of aromatic nitrogens is 4. The van der Waals surface area contributed by atoms with Gasteiger partial charge in [-0.1, -0.05) is 54.6 Å². The van der Waals surface area contributed by atoms with E-state index in [1.54, 1.807) is 6.21 Å². The molecule has 0 aliphatic carbocycles. The molecule has 0 amide bonds. The second kappa shape index (κ2) is 9.19. The fraction of sp³-hybridized carbons (Fsp3) is 0.0400. The van der Waals surface area contributed by atoms with Crippen LogP contribution in [0.15, 0.2) is 96.2 Å². The molecule has 0 aliphatic heterocycles. The minimum atomic E-state index is 0.318. The number of rotatable bonds is 7. The van der Waals surface area contributed by atoms with E-state index in [2.05, 4.69) is 52.8 Å². The summed E-state index contributed by atoms with van der Waals surface area (Å²) in [5, 5.41) is 11.9. The van der Waals surface area contributed by atoms with Crippen molar-refractivity contribution in [2.75, 3.05) is 16.1 Å². The summed E-state index contributed by atoms with van der Waals surface area (Å²) < 4.78 is 2.07. The number of nitrogens with one attached hydrogen (secondary N) is 3. The van der Waals surface area contributed by atoms with Crippen molar-refractivity contribution in [1.29, 1.82) is 0 Å². The van der Waals surface area contributed by atoms with Crippen LogP contribution in [0, 0.1) is 0 Å². The molecule has 0 atom stereocenters. The minimum Gasteiger partial charge on any atom is -0.350 e. The molecule has 5 aromatic rings. The maximum absolute atomic E-state index is 4.49. The van der Waals surface area contributed by atoms with Gasteiger partial charge in [0.25, 0.3) is 0 Å². The molecule has 8 heteroatoms. The summed E-state index contributed by atoms with van der Waals surface area (Å²) in [5.41, 5.74) is 6.83. The van der Waals surface area contributed by atoms with E-state index in [9.17, 15) is 0 Å². The molecule has 162 valence electrons. The Kier molecular flexibility index (Phi) is 5.62. The van der Waals surface area contributed by atoms with Gasteiger partial charge < -0.3 is 15.2 Å². The highest BCUT2D eigenvalue weighted by molar-refractivity contribution is 5.99. The van der Waals surface area contributed by atoms with Crippen molar-refractivity contribution in [1.82, 2.24) is 19.5 Å². The lowest BCUT2D eigenvalue weighted by Gasteiger charge is -2.10. The second-order valence-electron chi connectivity index (χ2n) is 7.37. The number of hydrazone groups is 1. The lowest BCUT2D eigenvalue weighted by atomic mass is 10.2. The quantitative estimate of drug-likeness (QED) is 0.238. The van der Waals surface area contributed by atoms with Crippen molar-refractivity contribution in [3.8, 4) is 0 Å². The zero-order valence-corrected chi connectivity index (χ0v) is 18.0. The average Bonchev–Trinajstić information content (AvgIpc) is 3.16. The van der Waals surface area contributed by atoms with Crippen LogP contribution in [0.2, 0.25) is 0 Å². The van der Waals surface area contributed by atoms with Crippen molar-refractivity contribution >= 4 is 46.3 Å². The third kappa shape index (κ3) is 4.80. The summed E-state index contributed by atoms with van der Waals surface area (Å²) >= 11 is 0. The van der Waals surface area contributed by atoms with Crippen molar-refractivity contribution < 1.29 is 0 Å². The van der Waals surface area contributed by atoms with Crippen LogP contribution in [0.25, 0.3) is 10.9 Å². The number of fused-ring (bicyclic) bond motifs is 1. The monoisotopic (exact) mass is 434 g/mol. The van der Waals surface area contributed by atoms with Crippen LogP contribution < -0.4 is 16.1 Å². The van der Waals surface area contributed by atoms with Crippen LogP contribution in [0.5, 0.6) is 0 Å². The molecule has 0 aliphatic rings. The van der Waals surface area contributed by atoms with Crippen LogP contribution in [0.1, 0.15) is 5.56 Å². The Balaban J connectivity index is 1.41. The molecular weight excluding hydrogens is 412 g/mol. The lowest BCUT2D eigenvalue weighted by molar-refractivity contribution is 0.968. The molecule has 5 rings (SSSR count). The molecule has 0 radical (unpaired) electrons. The van der Waals surface area contributed by atoms with Crippen molar-refractivity contribution in [3.05, 3.63) is 96.7 Å². The van der Waals surface area contributed by atoms with E-state index >= 15 is 0 Å². The molecule has 2 aromatic heterocycles. The van der Waals surface area contributed by atoms with Gasteiger partial charge in [-0.25, -0.2) is 5.43 Å². The smallest absolute Gasteiger partial charge is 0.250 e. The van der Waals surface area contributed by atoms with Crippen LogP contribution in [-0.4, -0.2) is 25.7 Å². The number of benzene rings is 3. The van der Waals surface area contributed by atoms with E-state index in [4.69, 9.17) is 0 Å². The van der Waals surface area contributed by atoms with Gasteiger partial charge in [-0.3, -0.25) is 0 Å². The van der Waals surface area contributed by atoms with Gasteiger partial charge in [-0.05, 0) is 30.3 Å². The van der Waals surface area contributed by atoms with Gasteiger partial charge in [0.1, 0.15) is 0 Å². The van der Waals surface area contributed by atoms with E-state index < -0.39 is 0 Å². The summed E-state index contributed by atoms with van der Waals surface area (Å²) in [5.74, 6) is 1.12. The number of hydrogen-bond acceptors (Lipinski definition) is 7. The van der Waals surface area contributed by atoms with E-state index in [-0.39, 0.29) is 0 Å². The average molecular weight is 435 g/mol. The van der Waals surface area contributed by atoms with Gasteiger partial charge in [0.05, 0.1) is 6.21 Å². The SMILES string of the molecule is Cn1cc(/C=N\Nc2nc(Nc3ccccc3)nc(Nc3ccccc3)n2)c2ccccc21. The Labute approximate surface area is 191 Å². The third-order valence-electron chi connectivity index (χ3n) is 4.99. The Morgan fingerprint density at radius 3 is 1.88 bits per heavy atom. The van der Waals surface area contributed by atoms with Crippen molar-refractivity contribution in [3.63, 3.8) is 0 Å². The first kappa shape index (κ1) is 20.2. The van der Waals surface area contributed by atoms with Crippen LogP contribution in [0.4, 0.5) is 29.2 Å². The summed E-state index contributed by atoms with van der Waals surface area (Å²) in [6.07, 6.45) is 3.80. The first-order chi connectivity index (χ1) is 16.2. The molecule has 0 bridgehead atoms. The molecule has 0 saturated carbocycles. The molecule has 0 spiro atoms. The van der Waals surface area contributed by atoms with Crippen molar-refractivity contribution in [2.24, 2.45) is 12.1 Å². The second-order valence-corrected chi connectivity index (χ2v) is 7.37. The van der Waals surface area contributed by atoms with Crippen LogP contribution in [0.3, 0.4) is 0 Å². The molecule has 8 nitrogen and oxygen atoms in total. The van der Waals surface area contributed by atoms with Crippen molar-refractivity contribution in [2.45, 2.75) is 0 Å². The molecule has 3 N–H and O–H groups in total. The lowest BCUT2D eigenvalue weighted by Crippen LogP contribution is -2.07. The molecule has 0 saturated heterocycles. The zero-order valence-electron chi connectivity index (χ0n) is 18.0. The van der Waals surface area contributed by atoms with Crippen LogP contribution >= 0.6 is 0 Å². The van der Waals surface area contributed by atoms with Gasteiger partial charge in [0, 0.05) is 41.1 Å². The highest BCUT2D eigenvalue weighted by Gasteiger charge is 2.08. The highest BCUT2D eigenvalue weighted by atomic mass is 15.4. The first-order valence-electron chi connectivity index (χ1n) is 10.5. The third-order valence-corrected chi connectivity index (χ3v) is 4.99. The summed E-state index contributed by atoms with van der Waals surface area (Å²) in [4.78, 5) is 13.4. The largest absolute Gasteiger partial charge is 0.350 e. The zero-order chi connectivity index (χ0) is 22.5. The van der Waals surface area contributed by atoms with E-state index in [1.165, 1.54) is 0 Å². The minimum absolute atomic E-state index is 0.318. The highest BCUT2D eigenvalue weighted by Crippen LogP contribution is 2.20. The fourth-order valence-corrected chi connectivity index (χ4v) is 3.47. The number of para-hydroxylation sites is 3. The summed E-state index contributed by atoms with van der Waals surface area (Å²) in [6, 6.07) is 27.7. The topological polar surface area (TPSA) is 92.0 Å².